The summed E-state index contributed by atoms with van der Waals surface area (Å²) < 4.78 is 27.5. The Morgan fingerprint density at radius 3 is 2.11 bits per heavy atom. The Morgan fingerprint density at radius 2 is 1.52 bits per heavy atom. The van der Waals surface area contributed by atoms with Crippen LogP contribution in [0.3, 0.4) is 0 Å². The normalized spacial score (nSPS) is 15.9. The van der Waals surface area contributed by atoms with Gasteiger partial charge in [-0.15, -0.1) is 0 Å². The smallest absolute Gasteiger partial charge is 0.243 e. The lowest BCUT2D eigenvalue weighted by Crippen LogP contribution is -2.48. The minimum atomic E-state index is -3.43. The maximum Gasteiger partial charge on any atom is 0.243 e. The van der Waals surface area contributed by atoms with Crippen LogP contribution >= 0.6 is 11.6 Å². The number of aryl methyl sites for hydroxylation is 1. The fraction of sp³-hybridized carbons (Fsp3) is 0.429. The largest absolute Gasteiger partial charge is 0.369 e. The summed E-state index contributed by atoms with van der Waals surface area (Å²) in [7, 11) is -3.43. The Hall–Kier alpha value is -1.56. The fourth-order valence-electron chi connectivity index (χ4n) is 3.39. The first-order valence-corrected chi connectivity index (χ1v) is 11.4. The predicted molar refractivity (Wildman–Crippen MR) is 112 cm³/mol. The van der Waals surface area contributed by atoms with Crippen molar-refractivity contribution in [2.24, 2.45) is 0 Å². The van der Waals surface area contributed by atoms with E-state index >= 15 is 0 Å². The van der Waals surface area contributed by atoms with E-state index in [1.54, 1.807) is 16.4 Å². The van der Waals surface area contributed by atoms with Crippen LogP contribution in [0.2, 0.25) is 5.02 Å². The maximum absolute atomic E-state index is 12.9. The van der Waals surface area contributed by atoms with Gasteiger partial charge in [0, 0.05) is 36.9 Å². The molecular weight excluding hydrogens is 380 g/mol. The lowest BCUT2D eigenvalue weighted by molar-refractivity contribution is 0.385. The quantitative estimate of drug-likeness (QED) is 0.631. The molecule has 0 unspecified atom stereocenters. The molecule has 0 saturated carbocycles. The number of benzene rings is 2. The molecule has 0 aliphatic carbocycles. The highest BCUT2D eigenvalue weighted by molar-refractivity contribution is 7.89. The van der Waals surface area contributed by atoms with E-state index in [-0.39, 0.29) is 0 Å². The molecule has 0 spiro atoms. The summed E-state index contributed by atoms with van der Waals surface area (Å²) in [6.45, 7) is 4.51. The van der Waals surface area contributed by atoms with Gasteiger partial charge in [-0.25, -0.2) is 8.42 Å². The molecular formula is C21H27ClN2O2S. The third-order valence-corrected chi connectivity index (χ3v) is 7.23. The van der Waals surface area contributed by atoms with Gasteiger partial charge in [0.2, 0.25) is 10.0 Å². The van der Waals surface area contributed by atoms with Crippen LogP contribution in [0.25, 0.3) is 0 Å². The molecule has 0 amide bonds. The second-order valence-electron chi connectivity index (χ2n) is 6.97. The summed E-state index contributed by atoms with van der Waals surface area (Å²) in [6, 6.07) is 15.1. The van der Waals surface area contributed by atoms with E-state index in [4.69, 9.17) is 11.6 Å². The summed E-state index contributed by atoms with van der Waals surface area (Å²) >= 11 is 5.94. The molecule has 1 saturated heterocycles. The molecule has 1 fully saturated rings. The molecule has 3 rings (SSSR count). The molecule has 1 heterocycles. The monoisotopic (exact) mass is 406 g/mol. The van der Waals surface area contributed by atoms with E-state index in [1.807, 2.05) is 36.4 Å². The van der Waals surface area contributed by atoms with Gasteiger partial charge >= 0.3 is 0 Å². The molecule has 1 aliphatic rings. The number of sulfonamides is 1. The highest BCUT2D eigenvalue weighted by atomic mass is 35.5. The molecule has 0 bridgehead atoms. The van der Waals surface area contributed by atoms with Crippen LogP contribution in [0.5, 0.6) is 0 Å². The van der Waals surface area contributed by atoms with Crippen molar-refractivity contribution in [3.63, 3.8) is 0 Å². The van der Waals surface area contributed by atoms with Crippen LogP contribution in [0.4, 0.5) is 5.69 Å². The second-order valence-corrected chi connectivity index (χ2v) is 9.34. The molecule has 2 aromatic rings. The summed E-state index contributed by atoms with van der Waals surface area (Å²) in [5, 5.41) is 0.707. The maximum atomic E-state index is 12.9. The van der Waals surface area contributed by atoms with Gasteiger partial charge in [0.1, 0.15) is 0 Å². The fourth-order valence-corrected chi connectivity index (χ4v) is 4.94. The Kier molecular flexibility index (Phi) is 6.79. The number of anilines is 1. The van der Waals surface area contributed by atoms with Crippen molar-refractivity contribution in [2.45, 2.75) is 37.5 Å². The highest BCUT2D eigenvalue weighted by Crippen LogP contribution is 2.23. The van der Waals surface area contributed by atoms with Crippen LogP contribution in [0, 0.1) is 0 Å². The van der Waals surface area contributed by atoms with E-state index in [0.29, 0.717) is 36.1 Å². The summed E-state index contributed by atoms with van der Waals surface area (Å²) in [6.07, 6.45) is 4.55. The van der Waals surface area contributed by atoms with Gasteiger partial charge in [-0.2, -0.15) is 4.31 Å². The van der Waals surface area contributed by atoms with E-state index in [0.717, 1.165) is 18.5 Å². The van der Waals surface area contributed by atoms with Crippen molar-refractivity contribution in [3.8, 4) is 0 Å². The highest BCUT2D eigenvalue weighted by Gasteiger charge is 2.28. The zero-order valence-electron chi connectivity index (χ0n) is 15.8. The molecule has 0 aromatic heterocycles. The molecule has 146 valence electrons. The van der Waals surface area contributed by atoms with Crippen LogP contribution in [-0.4, -0.2) is 38.9 Å². The molecule has 0 radical (unpaired) electrons. The number of halogens is 1. The van der Waals surface area contributed by atoms with E-state index in [1.165, 1.54) is 18.4 Å². The average Bonchev–Trinajstić information content (AvgIpc) is 2.69. The van der Waals surface area contributed by atoms with Crippen molar-refractivity contribution < 1.29 is 8.42 Å². The molecule has 2 aromatic carbocycles. The van der Waals surface area contributed by atoms with Crippen molar-refractivity contribution in [3.05, 3.63) is 59.1 Å². The number of rotatable bonds is 7. The Bertz CT molecular complexity index is 827. The molecule has 0 N–H and O–H groups in total. The minimum Gasteiger partial charge on any atom is -0.369 e. The molecule has 27 heavy (non-hydrogen) atoms. The number of unbranched alkanes of at least 4 members (excludes halogenated alkanes) is 2. The Balaban J connectivity index is 1.61. The van der Waals surface area contributed by atoms with E-state index in [9.17, 15) is 8.42 Å². The van der Waals surface area contributed by atoms with Gasteiger partial charge in [0.15, 0.2) is 0 Å². The van der Waals surface area contributed by atoms with Crippen LogP contribution in [0.15, 0.2) is 53.4 Å². The zero-order chi connectivity index (χ0) is 19.3. The van der Waals surface area contributed by atoms with Gasteiger partial charge in [-0.3, -0.25) is 0 Å². The number of hydrogen-bond acceptors (Lipinski definition) is 3. The first-order chi connectivity index (χ1) is 13.0. The molecule has 4 nitrogen and oxygen atoms in total. The Labute approximate surface area is 167 Å². The topological polar surface area (TPSA) is 40.6 Å². The van der Waals surface area contributed by atoms with Gasteiger partial charge in [-0.05, 0) is 54.8 Å². The van der Waals surface area contributed by atoms with Crippen molar-refractivity contribution >= 4 is 27.3 Å². The summed E-state index contributed by atoms with van der Waals surface area (Å²) in [4.78, 5) is 2.58. The van der Waals surface area contributed by atoms with Crippen molar-refractivity contribution in [2.75, 3.05) is 31.1 Å². The number of piperazine rings is 1. The number of nitrogens with zero attached hydrogens (tertiary/aromatic N) is 2. The SMILES string of the molecule is CCCCCc1ccc(S(=O)(=O)N2CCN(c3ccc(Cl)cc3)CC2)cc1. The molecule has 0 atom stereocenters. The minimum absolute atomic E-state index is 0.390. The van der Waals surface area contributed by atoms with Gasteiger partial charge in [-0.1, -0.05) is 43.5 Å². The van der Waals surface area contributed by atoms with Gasteiger partial charge < -0.3 is 4.90 Å². The third kappa shape index (κ3) is 5.03. The first-order valence-electron chi connectivity index (χ1n) is 9.60. The first kappa shape index (κ1) is 20.2. The van der Waals surface area contributed by atoms with Crippen molar-refractivity contribution in [1.29, 1.82) is 0 Å². The Morgan fingerprint density at radius 1 is 0.889 bits per heavy atom. The van der Waals surface area contributed by atoms with Gasteiger partial charge in [0.25, 0.3) is 0 Å². The lowest BCUT2D eigenvalue weighted by atomic mass is 10.1. The van der Waals surface area contributed by atoms with Crippen LogP contribution in [0.1, 0.15) is 31.7 Å². The molecule has 6 heteroatoms. The van der Waals surface area contributed by atoms with Crippen LogP contribution in [-0.2, 0) is 16.4 Å². The second kappa shape index (κ2) is 9.09. The predicted octanol–water partition coefficient (Wildman–Crippen LogP) is 4.58. The van der Waals surface area contributed by atoms with Gasteiger partial charge in [0.05, 0.1) is 4.90 Å². The average molecular weight is 407 g/mol. The zero-order valence-corrected chi connectivity index (χ0v) is 17.3. The summed E-state index contributed by atoms with van der Waals surface area (Å²) in [5.41, 5.74) is 2.28. The molecule has 1 aliphatic heterocycles. The summed E-state index contributed by atoms with van der Waals surface area (Å²) in [5.74, 6) is 0. The third-order valence-electron chi connectivity index (χ3n) is 5.06. The van der Waals surface area contributed by atoms with E-state index < -0.39 is 10.0 Å². The number of hydrogen-bond donors (Lipinski definition) is 0. The van der Waals surface area contributed by atoms with Crippen molar-refractivity contribution in [1.82, 2.24) is 4.31 Å². The standard InChI is InChI=1S/C21H27ClN2O2S/c1-2-3-4-5-18-6-12-21(13-7-18)27(25,26)24-16-14-23(15-17-24)20-10-8-19(22)9-11-20/h6-13H,2-5,14-17H2,1H3. The lowest BCUT2D eigenvalue weighted by Gasteiger charge is -2.35. The van der Waals surface area contributed by atoms with Crippen LogP contribution < -0.4 is 4.90 Å². The van der Waals surface area contributed by atoms with E-state index in [2.05, 4.69) is 11.8 Å².